The summed E-state index contributed by atoms with van der Waals surface area (Å²) in [5.41, 5.74) is 0.718. The maximum atomic E-state index is 15.3. The Bertz CT molecular complexity index is 1320. The Morgan fingerprint density at radius 3 is 2.28 bits per heavy atom. The molecule has 1 heterocycles. The number of pyridine rings is 1. The molecular formula is C23H24FN3O4S. The fourth-order valence-corrected chi connectivity index (χ4v) is 3.73. The van der Waals surface area contributed by atoms with Gasteiger partial charge in [-0.25, -0.2) is 12.8 Å². The zero-order valence-electron chi connectivity index (χ0n) is 18.1. The highest BCUT2D eigenvalue weighted by Gasteiger charge is 2.24. The van der Waals surface area contributed by atoms with Crippen molar-refractivity contribution in [1.29, 1.82) is 0 Å². The van der Waals surface area contributed by atoms with Crippen LogP contribution in [0.4, 0.5) is 15.8 Å². The maximum Gasteiger partial charge on any atom is 0.255 e. The summed E-state index contributed by atoms with van der Waals surface area (Å²) in [6, 6.07) is 12.1. The monoisotopic (exact) mass is 457 g/mol. The van der Waals surface area contributed by atoms with Crippen LogP contribution in [0.15, 0.2) is 59.5 Å². The van der Waals surface area contributed by atoms with Gasteiger partial charge in [-0.1, -0.05) is 20.8 Å². The number of aromatic nitrogens is 1. The molecule has 7 nitrogen and oxygen atoms in total. The Morgan fingerprint density at radius 2 is 1.72 bits per heavy atom. The molecule has 0 aliphatic carbocycles. The lowest BCUT2D eigenvalue weighted by molar-refractivity contribution is 0.102. The molecule has 0 saturated heterocycles. The van der Waals surface area contributed by atoms with Crippen LogP contribution in [0, 0.1) is 5.82 Å². The van der Waals surface area contributed by atoms with Gasteiger partial charge in [0.1, 0.15) is 5.82 Å². The lowest BCUT2D eigenvalue weighted by atomic mass is 9.84. The van der Waals surface area contributed by atoms with Crippen molar-refractivity contribution in [1.82, 2.24) is 4.98 Å². The van der Waals surface area contributed by atoms with E-state index in [0.29, 0.717) is 22.4 Å². The summed E-state index contributed by atoms with van der Waals surface area (Å²) < 4.78 is 40.3. The Kier molecular flexibility index (Phi) is 6.23. The molecule has 0 unspecified atom stereocenters. The number of H-pyrrole nitrogens is 1. The fourth-order valence-electron chi connectivity index (χ4n) is 3.16. The molecule has 0 saturated carbocycles. The molecule has 2 aromatic carbocycles. The highest BCUT2D eigenvalue weighted by molar-refractivity contribution is 7.92. The number of amides is 1. The summed E-state index contributed by atoms with van der Waals surface area (Å²) in [4.78, 5) is 27.6. The molecule has 0 aliphatic rings. The molecule has 32 heavy (non-hydrogen) atoms. The molecule has 0 atom stereocenters. The summed E-state index contributed by atoms with van der Waals surface area (Å²) in [6.07, 6.45) is 2.53. The summed E-state index contributed by atoms with van der Waals surface area (Å²) >= 11 is 0. The first-order valence-corrected chi connectivity index (χ1v) is 11.7. The highest BCUT2D eigenvalue weighted by Crippen LogP contribution is 2.34. The van der Waals surface area contributed by atoms with Crippen molar-refractivity contribution >= 4 is 27.3 Å². The average Bonchev–Trinajstić information content (AvgIpc) is 2.68. The van der Waals surface area contributed by atoms with Crippen LogP contribution in [0.2, 0.25) is 0 Å². The second-order valence-electron chi connectivity index (χ2n) is 8.45. The number of hydrogen-bond donors (Lipinski definition) is 3. The Labute approximate surface area is 185 Å². The second-order valence-corrected chi connectivity index (χ2v) is 10.2. The van der Waals surface area contributed by atoms with E-state index in [1.807, 2.05) is 20.8 Å². The second kappa shape index (κ2) is 8.58. The van der Waals surface area contributed by atoms with E-state index >= 15 is 4.39 Å². The quantitative estimate of drug-likeness (QED) is 0.536. The number of rotatable bonds is 5. The first-order chi connectivity index (χ1) is 14.8. The fraction of sp³-hybridized carbons (Fsp3) is 0.217. The van der Waals surface area contributed by atoms with Crippen molar-refractivity contribution in [2.75, 3.05) is 16.3 Å². The standard InChI is InChI=1S/C23H24FN3O4S/c1-23(2,3)18-12-15(17-6-5-11-25-22(17)29)13-19(20(18)24)26-21(28)14-7-9-16(10-8-14)27-32(4,30)31/h5-13,27H,1-4H3,(H,25,29)(H,26,28). The normalized spacial score (nSPS) is 11.8. The van der Waals surface area contributed by atoms with Crippen LogP contribution in [0.5, 0.6) is 0 Å². The largest absolute Gasteiger partial charge is 0.329 e. The zero-order chi connectivity index (χ0) is 23.7. The van der Waals surface area contributed by atoms with Gasteiger partial charge in [0.25, 0.3) is 11.5 Å². The van der Waals surface area contributed by atoms with Gasteiger partial charge in [-0.15, -0.1) is 0 Å². The van der Waals surface area contributed by atoms with Crippen molar-refractivity contribution in [3.05, 3.63) is 82.0 Å². The van der Waals surface area contributed by atoms with E-state index < -0.39 is 27.2 Å². The molecule has 0 bridgehead atoms. The van der Waals surface area contributed by atoms with E-state index in [1.54, 1.807) is 18.2 Å². The topological polar surface area (TPSA) is 108 Å². The third kappa shape index (κ3) is 5.42. The van der Waals surface area contributed by atoms with Crippen LogP contribution in [0.25, 0.3) is 11.1 Å². The van der Waals surface area contributed by atoms with Gasteiger partial charge in [0.2, 0.25) is 10.0 Å². The molecule has 3 N–H and O–H groups in total. The van der Waals surface area contributed by atoms with Gasteiger partial charge in [-0.2, -0.15) is 0 Å². The van der Waals surface area contributed by atoms with Crippen LogP contribution >= 0.6 is 0 Å². The molecule has 168 valence electrons. The lowest BCUT2D eigenvalue weighted by Crippen LogP contribution is -2.19. The number of sulfonamides is 1. The Hall–Kier alpha value is -3.46. The van der Waals surface area contributed by atoms with Crippen molar-refractivity contribution < 1.29 is 17.6 Å². The third-order valence-electron chi connectivity index (χ3n) is 4.71. The van der Waals surface area contributed by atoms with Gasteiger partial charge in [-0.3, -0.25) is 14.3 Å². The van der Waals surface area contributed by atoms with Crippen molar-refractivity contribution in [2.24, 2.45) is 0 Å². The van der Waals surface area contributed by atoms with Gasteiger partial charge in [0, 0.05) is 23.0 Å². The third-order valence-corrected chi connectivity index (χ3v) is 5.31. The van der Waals surface area contributed by atoms with Crippen molar-refractivity contribution in [3.63, 3.8) is 0 Å². The number of carbonyl (C=O) groups excluding carboxylic acids is 1. The number of halogens is 1. The Balaban J connectivity index is 2.00. The summed E-state index contributed by atoms with van der Waals surface area (Å²) in [7, 11) is -3.45. The number of carbonyl (C=O) groups is 1. The van der Waals surface area contributed by atoms with Crippen LogP contribution in [-0.4, -0.2) is 25.6 Å². The van der Waals surface area contributed by atoms with Crippen molar-refractivity contribution in [2.45, 2.75) is 26.2 Å². The number of anilines is 2. The van der Waals surface area contributed by atoms with Gasteiger partial charge >= 0.3 is 0 Å². The molecule has 3 rings (SSSR count). The van der Waals surface area contributed by atoms with E-state index in [9.17, 15) is 18.0 Å². The van der Waals surface area contributed by atoms with E-state index in [2.05, 4.69) is 15.0 Å². The average molecular weight is 458 g/mol. The lowest BCUT2D eigenvalue weighted by Gasteiger charge is -2.23. The zero-order valence-corrected chi connectivity index (χ0v) is 18.9. The molecule has 0 radical (unpaired) electrons. The number of benzene rings is 2. The maximum absolute atomic E-state index is 15.3. The molecule has 0 aliphatic heterocycles. The van der Waals surface area contributed by atoms with Crippen LogP contribution in [0.3, 0.4) is 0 Å². The molecule has 1 amide bonds. The van der Waals surface area contributed by atoms with Crippen molar-refractivity contribution in [3.8, 4) is 11.1 Å². The predicted molar refractivity (Wildman–Crippen MR) is 124 cm³/mol. The van der Waals surface area contributed by atoms with E-state index in [1.165, 1.54) is 36.5 Å². The molecule has 3 aromatic rings. The smallest absolute Gasteiger partial charge is 0.255 e. The van der Waals surface area contributed by atoms with Crippen LogP contribution < -0.4 is 15.6 Å². The number of nitrogens with one attached hydrogen (secondary N) is 3. The molecule has 1 aromatic heterocycles. The van der Waals surface area contributed by atoms with Gasteiger partial charge in [-0.05, 0) is 65.1 Å². The SMILES string of the molecule is CC(C)(C)c1cc(-c2ccc[nH]c2=O)cc(NC(=O)c2ccc(NS(C)(=O)=O)cc2)c1F. The minimum atomic E-state index is -3.45. The van der Waals surface area contributed by atoms with Crippen LogP contribution in [-0.2, 0) is 15.4 Å². The number of aromatic amines is 1. The highest BCUT2D eigenvalue weighted by atomic mass is 32.2. The minimum Gasteiger partial charge on any atom is -0.329 e. The molecular weight excluding hydrogens is 433 g/mol. The van der Waals surface area contributed by atoms with E-state index in [-0.39, 0.29) is 16.8 Å². The first kappa shape index (κ1) is 23.2. The van der Waals surface area contributed by atoms with Gasteiger partial charge in [0.15, 0.2) is 0 Å². The first-order valence-electron chi connectivity index (χ1n) is 9.76. The van der Waals surface area contributed by atoms with Crippen LogP contribution in [0.1, 0.15) is 36.7 Å². The molecule has 0 spiro atoms. The Morgan fingerprint density at radius 1 is 1.06 bits per heavy atom. The number of hydrogen-bond acceptors (Lipinski definition) is 4. The summed E-state index contributed by atoms with van der Waals surface area (Å²) in [5.74, 6) is -1.16. The van der Waals surface area contributed by atoms with Gasteiger partial charge in [0.05, 0.1) is 11.9 Å². The van der Waals surface area contributed by atoms with Gasteiger partial charge < -0.3 is 10.3 Å². The van der Waals surface area contributed by atoms with E-state index in [4.69, 9.17) is 0 Å². The predicted octanol–water partition coefficient (Wildman–Crippen LogP) is 4.10. The van der Waals surface area contributed by atoms with E-state index in [0.717, 1.165) is 6.26 Å². The molecule has 0 fully saturated rings. The summed E-state index contributed by atoms with van der Waals surface area (Å²) in [5, 5.41) is 2.57. The summed E-state index contributed by atoms with van der Waals surface area (Å²) in [6.45, 7) is 5.51. The molecule has 9 heteroatoms. The minimum absolute atomic E-state index is 0.0565.